The molecule has 1 aromatic carbocycles. The maximum Gasteiger partial charge on any atom is 0.274 e. The summed E-state index contributed by atoms with van der Waals surface area (Å²) >= 11 is 0. The van der Waals surface area contributed by atoms with Gasteiger partial charge >= 0.3 is 0 Å². The minimum atomic E-state index is -0.155. The molecule has 2 aliphatic heterocycles. The summed E-state index contributed by atoms with van der Waals surface area (Å²) in [5, 5.41) is 0. The standard InChI is InChI=1S/C17H17N3O5/c1-22-14-7-16-15(24-10-25-16)6-11(14)12-8-18-9-13(19-12)17(21)20-2-4-23-5-3-20/h6-9H,2-5,10H2,1H3. The number of benzene rings is 1. The number of carbonyl (C=O) groups excluding carboxylic acids is 1. The molecule has 4 rings (SSSR count). The van der Waals surface area contributed by atoms with Crippen LogP contribution in [0.15, 0.2) is 24.5 Å². The van der Waals surface area contributed by atoms with Gasteiger partial charge < -0.3 is 23.8 Å². The summed E-state index contributed by atoms with van der Waals surface area (Å²) in [7, 11) is 1.57. The zero-order valence-electron chi connectivity index (χ0n) is 13.7. The molecule has 0 saturated carbocycles. The highest BCUT2D eigenvalue weighted by Gasteiger charge is 2.23. The third-order valence-corrected chi connectivity index (χ3v) is 4.12. The van der Waals surface area contributed by atoms with Crippen molar-refractivity contribution in [3.05, 3.63) is 30.2 Å². The molecule has 1 fully saturated rings. The van der Waals surface area contributed by atoms with Crippen molar-refractivity contribution in [2.24, 2.45) is 0 Å². The van der Waals surface area contributed by atoms with E-state index in [4.69, 9.17) is 18.9 Å². The second-order valence-corrected chi connectivity index (χ2v) is 5.60. The molecule has 0 radical (unpaired) electrons. The Kier molecular flexibility index (Phi) is 4.10. The average Bonchev–Trinajstić information content (AvgIpc) is 3.14. The van der Waals surface area contributed by atoms with Crippen LogP contribution in [0.5, 0.6) is 17.2 Å². The Bertz CT molecular complexity index is 805. The van der Waals surface area contributed by atoms with E-state index in [1.54, 1.807) is 30.3 Å². The van der Waals surface area contributed by atoms with Gasteiger partial charge in [0, 0.05) is 24.7 Å². The van der Waals surface area contributed by atoms with Gasteiger partial charge in [-0.15, -0.1) is 0 Å². The maximum absolute atomic E-state index is 12.6. The van der Waals surface area contributed by atoms with E-state index in [9.17, 15) is 4.79 Å². The molecule has 1 amide bonds. The van der Waals surface area contributed by atoms with E-state index in [2.05, 4.69) is 9.97 Å². The van der Waals surface area contributed by atoms with E-state index < -0.39 is 0 Å². The number of rotatable bonds is 3. The van der Waals surface area contributed by atoms with Crippen LogP contribution in [0.4, 0.5) is 0 Å². The molecule has 1 aromatic heterocycles. The lowest BCUT2D eigenvalue weighted by atomic mass is 10.1. The van der Waals surface area contributed by atoms with Crippen molar-refractivity contribution in [1.29, 1.82) is 0 Å². The largest absolute Gasteiger partial charge is 0.496 e. The van der Waals surface area contributed by atoms with Gasteiger partial charge in [0.25, 0.3) is 5.91 Å². The van der Waals surface area contributed by atoms with Gasteiger partial charge in [-0.05, 0) is 6.07 Å². The Morgan fingerprint density at radius 1 is 1.16 bits per heavy atom. The first-order valence-corrected chi connectivity index (χ1v) is 7.93. The number of nitrogens with zero attached hydrogens (tertiary/aromatic N) is 3. The highest BCUT2D eigenvalue weighted by Crippen LogP contribution is 2.41. The highest BCUT2D eigenvalue weighted by atomic mass is 16.7. The molecule has 0 atom stereocenters. The summed E-state index contributed by atoms with van der Waals surface area (Å²) < 4.78 is 21.5. The number of methoxy groups -OCH3 is 1. The molecular weight excluding hydrogens is 326 g/mol. The fourth-order valence-corrected chi connectivity index (χ4v) is 2.82. The SMILES string of the molecule is COc1cc2c(cc1-c1cncc(C(=O)N3CCOCC3)n1)OCO2. The summed E-state index contributed by atoms with van der Waals surface area (Å²) in [5.74, 6) is 1.66. The Labute approximate surface area is 144 Å². The molecule has 8 heteroatoms. The molecule has 0 N–H and O–H groups in total. The molecule has 2 aliphatic rings. The molecule has 8 nitrogen and oxygen atoms in total. The van der Waals surface area contributed by atoms with Crippen molar-refractivity contribution in [2.75, 3.05) is 40.2 Å². The van der Waals surface area contributed by atoms with Gasteiger partial charge in [-0.1, -0.05) is 0 Å². The van der Waals surface area contributed by atoms with Gasteiger partial charge in [-0.2, -0.15) is 0 Å². The number of morpholine rings is 1. The molecule has 0 unspecified atom stereocenters. The summed E-state index contributed by atoms with van der Waals surface area (Å²) in [4.78, 5) is 23.0. The van der Waals surface area contributed by atoms with E-state index in [0.29, 0.717) is 60.5 Å². The Hall–Kier alpha value is -2.87. The van der Waals surface area contributed by atoms with Crippen molar-refractivity contribution < 1.29 is 23.7 Å². The zero-order valence-corrected chi connectivity index (χ0v) is 13.7. The van der Waals surface area contributed by atoms with Crippen molar-refractivity contribution in [3.63, 3.8) is 0 Å². The number of fused-ring (bicyclic) bond motifs is 1. The van der Waals surface area contributed by atoms with Crippen LogP contribution in [0.2, 0.25) is 0 Å². The average molecular weight is 343 g/mol. The number of carbonyl (C=O) groups is 1. The van der Waals surface area contributed by atoms with Gasteiger partial charge in [-0.3, -0.25) is 9.78 Å². The Balaban J connectivity index is 1.69. The number of amides is 1. The first kappa shape index (κ1) is 15.6. The molecule has 1 saturated heterocycles. The molecule has 2 aromatic rings. The zero-order chi connectivity index (χ0) is 17.2. The van der Waals surface area contributed by atoms with Crippen molar-refractivity contribution >= 4 is 5.91 Å². The van der Waals surface area contributed by atoms with Gasteiger partial charge in [-0.25, -0.2) is 4.98 Å². The first-order chi connectivity index (χ1) is 12.3. The molecule has 0 aliphatic carbocycles. The highest BCUT2D eigenvalue weighted by molar-refractivity contribution is 5.92. The predicted octanol–water partition coefficient (Wildman–Crippen LogP) is 1.35. The van der Waals surface area contributed by atoms with E-state index in [1.807, 2.05) is 0 Å². The lowest BCUT2D eigenvalue weighted by Gasteiger charge is -2.26. The fourth-order valence-electron chi connectivity index (χ4n) is 2.82. The summed E-state index contributed by atoms with van der Waals surface area (Å²) in [6, 6.07) is 3.53. The normalized spacial score (nSPS) is 16.0. The van der Waals surface area contributed by atoms with Gasteiger partial charge in [0.05, 0.1) is 38.4 Å². The molecule has 3 heterocycles. The molecule has 25 heavy (non-hydrogen) atoms. The maximum atomic E-state index is 12.6. The van der Waals surface area contributed by atoms with E-state index >= 15 is 0 Å². The van der Waals surface area contributed by atoms with E-state index in [-0.39, 0.29) is 12.7 Å². The molecule has 0 spiro atoms. The summed E-state index contributed by atoms with van der Waals surface area (Å²) in [6.07, 6.45) is 3.07. The van der Waals surface area contributed by atoms with Crippen LogP contribution in [0.1, 0.15) is 10.5 Å². The van der Waals surface area contributed by atoms with E-state index in [0.717, 1.165) is 0 Å². The number of hydrogen-bond donors (Lipinski definition) is 0. The van der Waals surface area contributed by atoms with Crippen LogP contribution < -0.4 is 14.2 Å². The van der Waals surface area contributed by atoms with Crippen molar-refractivity contribution in [1.82, 2.24) is 14.9 Å². The second kappa shape index (κ2) is 6.56. The molecule has 130 valence electrons. The third kappa shape index (κ3) is 2.96. The Morgan fingerprint density at radius 2 is 1.92 bits per heavy atom. The topological polar surface area (TPSA) is 83.0 Å². The second-order valence-electron chi connectivity index (χ2n) is 5.60. The first-order valence-electron chi connectivity index (χ1n) is 7.93. The Morgan fingerprint density at radius 3 is 2.68 bits per heavy atom. The minimum absolute atomic E-state index is 0.155. The monoisotopic (exact) mass is 343 g/mol. The van der Waals surface area contributed by atoms with Crippen LogP contribution in [-0.2, 0) is 4.74 Å². The quantitative estimate of drug-likeness (QED) is 0.832. The number of hydrogen-bond acceptors (Lipinski definition) is 7. The number of ether oxygens (including phenoxy) is 4. The fraction of sp³-hybridized carbons (Fsp3) is 0.353. The van der Waals surface area contributed by atoms with Crippen LogP contribution in [0, 0.1) is 0 Å². The van der Waals surface area contributed by atoms with Gasteiger partial charge in [0.1, 0.15) is 11.4 Å². The lowest BCUT2D eigenvalue weighted by Crippen LogP contribution is -2.41. The molecular formula is C17H17N3O5. The van der Waals surface area contributed by atoms with Crippen LogP contribution >= 0.6 is 0 Å². The smallest absolute Gasteiger partial charge is 0.274 e. The van der Waals surface area contributed by atoms with Gasteiger partial charge in [0.15, 0.2) is 11.5 Å². The van der Waals surface area contributed by atoms with Crippen LogP contribution in [0.3, 0.4) is 0 Å². The lowest BCUT2D eigenvalue weighted by molar-refractivity contribution is 0.0299. The number of aromatic nitrogens is 2. The van der Waals surface area contributed by atoms with Crippen LogP contribution in [0.25, 0.3) is 11.3 Å². The van der Waals surface area contributed by atoms with Crippen molar-refractivity contribution in [3.8, 4) is 28.5 Å². The predicted molar refractivity (Wildman–Crippen MR) is 86.9 cm³/mol. The van der Waals surface area contributed by atoms with Crippen molar-refractivity contribution in [2.45, 2.75) is 0 Å². The summed E-state index contributed by atoms with van der Waals surface area (Å²) in [5.41, 5.74) is 1.52. The van der Waals surface area contributed by atoms with Crippen LogP contribution in [-0.4, -0.2) is 61.0 Å². The molecule has 0 bridgehead atoms. The van der Waals surface area contributed by atoms with Gasteiger partial charge in [0.2, 0.25) is 6.79 Å². The minimum Gasteiger partial charge on any atom is -0.496 e. The summed E-state index contributed by atoms with van der Waals surface area (Å²) in [6.45, 7) is 2.35. The van der Waals surface area contributed by atoms with E-state index in [1.165, 1.54) is 6.20 Å². The third-order valence-electron chi connectivity index (χ3n) is 4.12.